The molecule has 10 nitrogen and oxygen atoms in total. The van der Waals surface area contributed by atoms with Gasteiger partial charge in [-0.15, -0.1) is 0 Å². The number of aromatic nitrogens is 4. The first-order valence-electron chi connectivity index (χ1n) is 11.6. The lowest BCUT2D eigenvalue weighted by atomic mass is 9.82. The molecule has 1 unspecified atom stereocenters. The Morgan fingerprint density at radius 2 is 2.14 bits per heavy atom. The minimum absolute atomic E-state index is 0.0971. The van der Waals surface area contributed by atoms with E-state index >= 15 is 0 Å². The molecule has 3 heterocycles. The van der Waals surface area contributed by atoms with E-state index in [-0.39, 0.29) is 12.0 Å². The number of carbonyl (C=O) groups is 1. The summed E-state index contributed by atoms with van der Waals surface area (Å²) in [5, 5.41) is 22.1. The van der Waals surface area contributed by atoms with E-state index in [4.69, 9.17) is 9.47 Å². The van der Waals surface area contributed by atoms with Crippen LogP contribution >= 0.6 is 0 Å². The van der Waals surface area contributed by atoms with Gasteiger partial charge in [-0.3, -0.25) is 14.8 Å². The number of nitrogens with zero attached hydrogens (tertiary/aromatic N) is 4. The summed E-state index contributed by atoms with van der Waals surface area (Å²) >= 11 is 0. The molecule has 186 valence electrons. The molecule has 1 fully saturated rings. The summed E-state index contributed by atoms with van der Waals surface area (Å²) in [5.74, 6) is 0. The first kappa shape index (κ1) is 24.6. The maximum Gasteiger partial charge on any atom is 0.411 e. The predicted octanol–water partition coefficient (Wildman–Crippen LogP) is 2.82. The molecule has 10 heteroatoms. The van der Waals surface area contributed by atoms with Crippen molar-refractivity contribution in [1.29, 1.82) is 0 Å². The topological polar surface area (TPSA) is 121 Å². The average molecular weight is 482 g/mol. The van der Waals surface area contributed by atoms with Gasteiger partial charge in [-0.05, 0) is 38.0 Å². The van der Waals surface area contributed by atoms with Crippen LogP contribution in [0.1, 0.15) is 44.4 Å². The van der Waals surface area contributed by atoms with Crippen molar-refractivity contribution in [2.24, 2.45) is 7.05 Å². The molecule has 1 aromatic carbocycles. The van der Waals surface area contributed by atoms with Gasteiger partial charge in [0, 0.05) is 44.3 Å². The maximum absolute atomic E-state index is 12.4. The minimum atomic E-state index is -0.909. The Kier molecular flexibility index (Phi) is 7.04. The number of rotatable bonds is 7. The summed E-state index contributed by atoms with van der Waals surface area (Å²) in [7, 11) is 1.81. The number of anilines is 1. The van der Waals surface area contributed by atoms with Crippen LogP contribution in [0.4, 0.5) is 10.5 Å². The van der Waals surface area contributed by atoms with E-state index in [2.05, 4.69) is 15.5 Å². The quantitative estimate of drug-likeness (QED) is 0.532. The average Bonchev–Trinajstić information content (AvgIpc) is 3.21. The number of hydrogen-bond acceptors (Lipinski definition) is 7. The van der Waals surface area contributed by atoms with Crippen LogP contribution in [-0.4, -0.2) is 55.2 Å². The van der Waals surface area contributed by atoms with Gasteiger partial charge >= 0.3 is 6.09 Å². The Labute approximate surface area is 203 Å². The number of ether oxygens (including phenoxy) is 2. The standard InChI is InChI=1S/C25H31N5O5/c1-24(2)17-25(33,9-12-35-24)8-11-34-23(32)27-19-6-4-5-18(13-19)14-21-22(31)7-10-30(28-21)20-15-26-29(3)16-20/h4-7,10,13,15-16,33H,8-9,11-12,14,17H2,1-3H3,(H,27,32). The number of carbonyl (C=O) groups excluding carboxylic acids is 1. The molecular formula is C25H31N5O5. The van der Waals surface area contributed by atoms with Crippen LogP contribution in [0.15, 0.2) is 53.7 Å². The van der Waals surface area contributed by atoms with Crippen molar-refractivity contribution in [3.8, 4) is 5.69 Å². The van der Waals surface area contributed by atoms with E-state index < -0.39 is 17.3 Å². The highest BCUT2D eigenvalue weighted by Gasteiger charge is 2.39. The van der Waals surface area contributed by atoms with E-state index in [1.807, 2.05) is 27.0 Å². The summed E-state index contributed by atoms with van der Waals surface area (Å²) in [6.07, 6.45) is 6.12. The lowest BCUT2D eigenvalue weighted by Crippen LogP contribution is -2.46. The van der Waals surface area contributed by atoms with Crippen LogP contribution in [0, 0.1) is 0 Å². The molecule has 1 aliphatic heterocycles. The van der Waals surface area contributed by atoms with Gasteiger partial charge in [0.2, 0.25) is 5.43 Å². The molecular weight excluding hydrogens is 450 g/mol. The van der Waals surface area contributed by atoms with Crippen molar-refractivity contribution < 1.29 is 19.4 Å². The summed E-state index contributed by atoms with van der Waals surface area (Å²) in [5.41, 5.74) is 1.01. The Hall–Kier alpha value is -3.50. The third kappa shape index (κ3) is 6.55. The monoisotopic (exact) mass is 481 g/mol. The number of aryl methyl sites for hydroxylation is 1. The smallest absolute Gasteiger partial charge is 0.411 e. The van der Waals surface area contributed by atoms with Crippen LogP contribution in [0.5, 0.6) is 0 Å². The zero-order chi connectivity index (χ0) is 25.1. The lowest BCUT2D eigenvalue weighted by molar-refractivity contribution is -0.149. The molecule has 1 amide bonds. The highest BCUT2D eigenvalue weighted by atomic mass is 16.5. The Balaban J connectivity index is 1.35. The summed E-state index contributed by atoms with van der Waals surface area (Å²) < 4.78 is 14.2. The van der Waals surface area contributed by atoms with Crippen molar-refractivity contribution >= 4 is 11.8 Å². The van der Waals surface area contributed by atoms with Crippen LogP contribution in [0.25, 0.3) is 5.69 Å². The van der Waals surface area contributed by atoms with Crippen molar-refractivity contribution in [3.05, 3.63) is 70.4 Å². The number of benzene rings is 1. The van der Waals surface area contributed by atoms with Crippen molar-refractivity contribution in [2.45, 2.75) is 50.7 Å². The second-order valence-corrected chi connectivity index (χ2v) is 9.59. The van der Waals surface area contributed by atoms with E-state index in [1.54, 1.807) is 46.2 Å². The Bertz CT molecular complexity index is 1250. The van der Waals surface area contributed by atoms with Gasteiger partial charge in [0.25, 0.3) is 0 Å². The molecule has 2 aromatic heterocycles. The number of hydrogen-bond donors (Lipinski definition) is 2. The minimum Gasteiger partial charge on any atom is -0.449 e. The first-order valence-corrected chi connectivity index (χ1v) is 11.6. The van der Waals surface area contributed by atoms with Crippen LogP contribution in [0.3, 0.4) is 0 Å². The molecule has 0 spiro atoms. The van der Waals surface area contributed by atoms with E-state index in [0.29, 0.717) is 43.7 Å². The highest BCUT2D eigenvalue weighted by Crippen LogP contribution is 2.34. The molecule has 4 rings (SSSR count). The fraction of sp³-hybridized carbons (Fsp3) is 0.440. The van der Waals surface area contributed by atoms with E-state index in [9.17, 15) is 14.7 Å². The fourth-order valence-corrected chi connectivity index (χ4v) is 4.34. The van der Waals surface area contributed by atoms with E-state index in [1.165, 1.54) is 6.07 Å². The largest absolute Gasteiger partial charge is 0.449 e. The number of nitrogens with one attached hydrogen (secondary N) is 1. The van der Waals surface area contributed by atoms with Crippen LogP contribution in [0.2, 0.25) is 0 Å². The second-order valence-electron chi connectivity index (χ2n) is 9.59. The van der Waals surface area contributed by atoms with Crippen molar-refractivity contribution in [1.82, 2.24) is 19.6 Å². The molecule has 0 aliphatic carbocycles. The normalized spacial score (nSPS) is 19.3. The molecule has 0 bridgehead atoms. The van der Waals surface area contributed by atoms with Crippen LogP contribution < -0.4 is 10.7 Å². The van der Waals surface area contributed by atoms with Gasteiger partial charge < -0.3 is 14.6 Å². The first-order chi connectivity index (χ1) is 16.6. The molecule has 2 N–H and O–H groups in total. The zero-order valence-electron chi connectivity index (χ0n) is 20.2. The molecule has 0 saturated carbocycles. The van der Waals surface area contributed by atoms with Gasteiger partial charge in [0.1, 0.15) is 11.4 Å². The molecule has 35 heavy (non-hydrogen) atoms. The predicted molar refractivity (Wildman–Crippen MR) is 130 cm³/mol. The summed E-state index contributed by atoms with van der Waals surface area (Å²) in [6, 6.07) is 8.65. The van der Waals surface area contributed by atoms with Crippen molar-refractivity contribution in [2.75, 3.05) is 18.5 Å². The third-order valence-corrected chi connectivity index (χ3v) is 6.00. The van der Waals surface area contributed by atoms with Gasteiger partial charge in [-0.25, -0.2) is 9.48 Å². The number of aliphatic hydroxyl groups is 1. The molecule has 1 atom stereocenters. The SMILES string of the molecule is Cn1cc(-n2ccc(=O)c(Cc3cccc(NC(=O)OCCC4(O)CCOC(C)(C)C4)c3)n2)cn1. The second kappa shape index (κ2) is 10.0. The molecule has 1 aliphatic rings. The van der Waals surface area contributed by atoms with Crippen molar-refractivity contribution in [3.63, 3.8) is 0 Å². The van der Waals surface area contributed by atoms with Gasteiger partial charge in [0.05, 0.1) is 36.8 Å². The Morgan fingerprint density at radius 1 is 1.31 bits per heavy atom. The van der Waals surface area contributed by atoms with E-state index in [0.717, 1.165) is 11.3 Å². The van der Waals surface area contributed by atoms with Gasteiger partial charge in [-0.1, -0.05) is 12.1 Å². The Morgan fingerprint density at radius 3 is 2.89 bits per heavy atom. The summed E-state index contributed by atoms with van der Waals surface area (Å²) in [4.78, 5) is 24.7. The maximum atomic E-state index is 12.4. The zero-order valence-corrected chi connectivity index (χ0v) is 20.2. The molecule has 1 saturated heterocycles. The van der Waals surface area contributed by atoms with Gasteiger partial charge in [-0.2, -0.15) is 10.2 Å². The lowest BCUT2D eigenvalue weighted by Gasteiger charge is -2.41. The number of amides is 1. The fourth-order valence-electron chi connectivity index (χ4n) is 4.34. The molecule has 0 radical (unpaired) electrons. The van der Waals surface area contributed by atoms with Crippen LogP contribution in [-0.2, 0) is 22.9 Å². The highest BCUT2D eigenvalue weighted by molar-refractivity contribution is 5.84. The third-order valence-electron chi connectivity index (χ3n) is 6.00. The molecule has 3 aromatic rings. The van der Waals surface area contributed by atoms with Gasteiger partial charge in [0.15, 0.2) is 0 Å². The summed E-state index contributed by atoms with van der Waals surface area (Å²) in [6.45, 7) is 4.46.